The van der Waals surface area contributed by atoms with Crippen LogP contribution in [0.4, 0.5) is 5.69 Å². The largest absolute Gasteiger partial charge is 0.502 e. The monoisotopic (exact) mass is 264 g/mol. The molecule has 1 saturated heterocycles. The van der Waals surface area contributed by atoms with Crippen LogP contribution >= 0.6 is 0 Å². The van der Waals surface area contributed by atoms with E-state index in [2.05, 4.69) is 17.0 Å². The molecule has 0 aromatic heterocycles. The first kappa shape index (κ1) is 13.3. The van der Waals surface area contributed by atoms with Crippen molar-refractivity contribution in [2.45, 2.75) is 0 Å². The third-order valence-corrected chi connectivity index (χ3v) is 3.05. The molecule has 0 saturated carbocycles. The Morgan fingerprint density at radius 2 is 2.05 bits per heavy atom. The van der Waals surface area contributed by atoms with Gasteiger partial charge >= 0.3 is 5.69 Å². The molecular formula is C12H16N4O3. The highest BCUT2D eigenvalue weighted by atomic mass is 16.6. The summed E-state index contributed by atoms with van der Waals surface area (Å²) in [6.45, 7) is 3.58. The van der Waals surface area contributed by atoms with Crippen LogP contribution in [0.1, 0.15) is 5.56 Å². The molecule has 1 aromatic carbocycles. The first-order chi connectivity index (χ1) is 9.06. The molecule has 0 bridgehead atoms. The summed E-state index contributed by atoms with van der Waals surface area (Å²) in [4.78, 5) is 12.3. The SMILES string of the molecule is CN1CCN(/N=C\c2ccc(O)c([N+](=O)[O-])c2)CC1. The Morgan fingerprint density at radius 1 is 1.37 bits per heavy atom. The second-order valence-electron chi connectivity index (χ2n) is 4.51. The topological polar surface area (TPSA) is 82.2 Å². The van der Waals surface area contributed by atoms with E-state index in [-0.39, 0.29) is 11.4 Å². The van der Waals surface area contributed by atoms with Crippen molar-refractivity contribution in [2.24, 2.45) is 5.10 Å². The summed E-state index contributed by atoms with van der Waals surface area (Å²) in [5.74, 6) is -0.332. The fourth-order valence-corrected chi connectivity index (χ4v) is 1.83. The highest BCUT2D eigenvalue weighted by Gasteiger charge is 2.14. The number of rotatable bonds is 3. The van der Waals surface area contributed by atoms with Crippen molar-refractivity contribution in [3.05, 3.63) is 33.9 Å². The minimum absolute atomic E-state index is 0.303. The van der Waals surface area contributed by atoms with E-state index in [1.807, 2.05) is 5.01 Å². The normalized spacial score (nSPS) is 17.0. The number of nitro benzene ring substituents is 1. The minimum atomic E-state index is -0.609. The molecule has 102 valence electrons. The molecule has 1 fully saturated rings. The van der Waals surface area contributed by atoms with E-state index >= 15 is 0 Å². The lowest BCUT2D eigenvalue weighted by Crippen LogP contribution is -2.41. The number of phenols is 1. The third kappa shape index (κ3) is 3.41. The van der Waals surface area contributed by atoms with Gasteiger partial charge in [-0.05, 0) is 19.2 Å². The summed E-state index contributed by atoms with van der Waals surface area (Å²) in [5, 5.41) is 26.3. The van der Waals surface area contributed by atoms with E-state index in [9.17, 15) is 15.2 Å². The predicted molar refractivity (Wildman–Crippen MR) is 71.4 cm³/mol. The van der Waals surface area contributed by atoms with Crippen LogP contribution in [-0.4, -0.2) is 59.4 Å². The fourth-order valence-electron chi connectivity index (χ4n) is 1.83. The number of nitro groups is 1. The minimum Gasteiger partial charge on any atom is -0.502 e. The molecule has 0 radical (unpaired) electrons. The van der Waals surface area contributed by atoms with Gasteiger partial charge in [-0.15, -0.1) is 0 Å². The Bertz CT molecular complexity index is 496. The Morgan fingerprint density at radius 3 is 2.68 bits per heavy atom. The summed E-state index contributed by atoms with van der Waals surface area (Å²) in [6.07, 6.45) is 1.58. The van der Waals surface area contributed by atoms with E-state index in [1.54, 1.807) is 12.3 Å². The number of benzene rings is 1. The predicted octanol–water partition coefficient (Wildman–Crippen LogP) is 0.882. The lowest BCUT2D eigenvalue weighted by Gasteiger charge is -2.30. The van der Waals surface area contributed by atoms with Gasteiger partial charge in [0.15, 0.2) is 5.75 Å². The second-order valence-corrected chi connectivity index (χ2v) is 4.51. The van der Waals surface area contributed by atoms with E-state index < -0.39 is 4.92 Å². The smallest absolute Gasteiger partial charge is 0.311 e. The van der Waals surface area contributed by atoms with Gasteiger partial charge < -0.3 is 10.0 Å². The van der Waals surface area contributed by atoms with Gasteiger partial charge in [0.1, 0.15) is 0 Å². The molecule has 1 aliphatic rings. The van der Waals surface area contributed by atoms with Gasteiger partial charge in [0, 0.05) is 37.8 Å². The molecule has 1 heterocycles. The zero-order valence-electron chi connectivity index (χ0n) is 10.7. The van der Waals surface area contributed by atoms with Crippen molar-refractivity contribution in [1.29, 1.82) is 0 Å². The Labute approximate surface area is 110 Å². The average molecular weight is 264 g/mol. The van der Waals surface area contributed by atoms with Crippen LogP contribution in [-0.2, 0) is 0 Å². The standard InChI is InChI=1S/C12H16N4O3/c1-14-4-6-15(7-5-14)13-9-10-2-3-12(17)11(8-10)16(18)19/h2-3,8-9,17H,4-7H2,1H3/b13-9-. The van der Waals surface area contributed by atoms with Crippen LogP contribution in [0.2, 0.25) is 0 Å². The van der Waals surface area contributed by atoms with Gasteiger partial charge in [-0.25, -0.2) is 0 Å². The zero-order chi connectivity index (χ0) is 13.8. The Kier molecular flexibility index (Phi) is 3.96. The number of nitrogens with zero attached hydrogens (tertiary/aromatic N) is 4. The number of piperazine rings is 1. The van der Waals surface area contributed by atoms with Crippen molar-refractivity contribution >= 4 is 11.9 Å². The van der Waals surface area contributed by atoms with Gasteiger partial charge in [-0.3, -0.25) is 15.1 Å². The van der Waals surface area contributed by atoms with Crippen LogP contribution in [0, 0.1) is 10.1 Å². The van der Waals surface area contributed by atoms with Crippen LogP contribution in [0.25, 0.3) is 0 Å². The van der Waals surface area contributed by atoms with Gasteiger partial charge in [0.25, 0.3) is 0 Å². The highest BCUT2D eigenvalue weighted by Crippen LogP contribution is 2.25. The molecule has 0 spiro atoms. The molecular weight excluding hydrogens is 248 g/mol. The van der Waals surface area contributed by atoms with Crippen LogP contribution in [0.5, 0.6) is 5.75 Å². The van der Waals surface area contributed by atoms with Crippen LogP contribution in [0.15, 0.2) is 23.3 Å². The summed E-state index contributed by atoms with van der Waals surface area (Å²) in [5.41, 5.74) is 0.297. The molecule has 0 unspecified atom stereocenters. The highest BCUT2D eigenvalue weighted by molar-refractivity contribution is 5.81. The average Bonchev–Trinajstić information content (AvgIpc) is 2.39. The molecule has 7 nitrogen and oxygen atoms in total. The fraction of sp³-hybridized carbons (Fsp3) is 0.417. The van der Waals surface area contributed by atoms with E-state index in [1.165, 1.54) is 12.1 Å². The number of hydrogen-bond donors (Lipinski definition) is 1. The van der Waals surface area contributed by atoms with E-state index in [4.69, 9.17) is 0 Å². The number of likely N-dealkylation sites (N-methyl/N-ethyl adjacent to an activating group) is 1. The first-order valence-corrected chi connectivity index (χ1v) is 6.01. The number of phenolic OH excluding ortho intramolecular Hbond substituents is 1. The lowest BCUT2D eigenvalue weighted by atomic mass is 10.2. The maximum Gasteiger partial charge on any atom is 0.311 e. The molecule has 1 aliphatic heterocycles. The van der Waals surface area contributed by atoms with Gasteiger partial charge in [-0.1, -0.05) is 0 Å². The maximum atomic E-state index is 10.7. The second kappa shape index (κ2) is 5.66. The Balaban J connectivity index is 2.06. The number of aromatic hydroxyl groups is 1. The van der Waals surface area contributed by atoms with Gasteiger partial charge in [0.05, 0.1) is 11.1 Å². The summed E-state index contributed by atoms with van der Waals surface area (Å²) < 4.78 is 0. The lowest BCUT2D eigenvalue weighted by molar-refractivity contribution is -0.385. The van der Waals surface area contributed by atoms with Crippen molar-refractivity contribution in [3.8, 4) is 5.75 Å². The quantitative estimate of drug-likeness (QED) is 0.498. The third-order valence-electron chi connectivity index (χ3n) is 3.05. The number of hydrogen-bond acceptors (Lipinski definition) is 6. The van der Waals surface area contributed by atoms with Crippen molar-refractivity contribution in [1.82, 2.24) is 9.91 Å². The summed E-state index contributed by atoms with van der Waals surface area (Å²) in [7, 11) is 2.06. The van der Waals surface area contributed by atoms with E-state index in [0.717, 1.165) is 26.2 Å². The zero-order valence-corrected chi connectivity index (χ0v) is 10.7. The molecule has 1 aromatic rings. The molecule has 2 rings (SSSR count). The van der Waals surface area contributed by atoms with Gasteiger partial charge in [0.2, 0.25) is 0 Å². The summed E-state index contributed by atoms with van der Waals surface area (Å²) in [6, 6.07) is 4.22. The molecule has 1 N–H and O–H groups in total. The van der Waals surface area contributed by atoms with Crippen molar-refractivity contribution < 1.29 is 10.0 Å². The Hall–Kier alpha value is -2.15. The van der Waals surface area contributed by atoms with Crippen molar-refractivity contribution in [3.63, 3.8) is 0 Å². The molecule has 0 aliphatic carbocycles. The van der Waals surface area contributed by atoms with Crippen LogP contribution in [0.3, 0.4) is 0 Å². The van der Waals surface area contributed by atoms with Crippen molar-refractivity contribution in [2.75, 3.05) is 33.2 Å². The molecule has 0 atom stereocenters. The molecule has 7 heteroatoms. The first-order valence-electron chi connectivity index (χ1n) is 6.01. The number of hydrazone groups is 1. The van der Waals surface area contributed by atoms with E-state index in [0.29, 0.717) is 5.56 Å². The molecule has 19 heavy (non-hydrogen) atoms. The maximum absolute atomic E-state index is 10.7. The van der Waals surface area contributed by atoms with Gasteiger partial charge in [-0.2, -0.15) is 5.10 Å². The van der Waals surface area contributed by atoms with Crippen LogP contribution < -0.4 is 0 Å². The molecule has 0 amide bonds. The summed E-state index contributed by atoms with van der Waals surface area (Å²) >= 11 is 0.